The molecule has 0 spiro atoms. The number of hydrogen-bond donors (Lipinski definition) is 1. The summed E-state index contributed by atoms with van der Waals surface area (Å²) in [7, 11) is 0. The number of hydrogen-bond acceptors (Lipinski definition) is 3. The summed E-state index contributed by atoms with van der Waals surface area (Å²) in [6, 6.07) is 14.8. The van der Waals surface area contributed by atoms with Crippen LogP contribution < -0.4 is 5.32 Å². The Hall–Kier alpha value is -1.86. The van der Waals surface area contributed by atoms with E-state index >= 15 is 0 Å². The number of aromatic nitrogens is 2. The van der Waals surface area contributed by atoms with Crippen LogP contribution in [0.4, 0.5) is 0 Å². The lowest BCUT2D eigenvalue weighted by molar-refractivity contribution is 0.0123. The Morgan fingerprint density at radius 2 is 1.88 bits per heavy atom. The first-order valence-electron chi connectivity index (χ1n) is 10.7. The van der Waals surface area contributed by atoms with Crippen molar-refractivity contribution in [1.82, 2.24) is 14.9 Å². The molecule has 2 aromatic carbocycles. The van der Waals surface area contributed by atoms with Gasteiger partial charge in [-0.05, 0) is 72.1 Å². The number of nitrogens with one attached hydrogen (secondary N) is 1. The zero-order valence-corrected chi connectivity index (χ0v) is 20.8. The summed E-state index contributed by atoms with van der Waals surface area (Å²) in [5, 5.41) is 4.33. The van der Waals surface area contributed by atoms with Crippen molar-refractivity contribution in [2.24, 2.45) is 0 Å². The molecule has 1 saturated carbocycles. The molecular formula is C24H24BrCl2N3O2. The zero-order valence-electron chi connectivity index (χ0n) is 17.7. The average Bonchev–Trinajstić information content (AvgIpc) is 3.13. The second-order valence-electron chi connectivity index (χ2n) is 7.72. The van der Waals surface area contributed by atoms with Crippen molar-refractivity contribution in [3.8, 4) is 17.1 Å². The number of carbonyl (C=O) groups is 1. The maximum atomic E-state index is 13.3. The van der Waals surface area contributed by atoms with Crippen LogP contribution in [0.5, 0.6) is 0 Å². The topological polar surface area (TPSA) is 56.1 Å². The van der Waals surface area contributed by atoms with Crippen molar-refractivity contribution in [2.45, 2.75) is 44.8 Å². The Labute approximate surface area is 206 Å². The first-order chi connectivity index (χ1) is 15.5. The minimum Gasteiger partial charge on any atom is -0.376 e. The Bertz CT molecular complexity index is 1100. The fraction of sp³-hybridized carbons (Fsp3) is 0.333. The molecule has 0 unspecified atom stereocenters. The highest BCUT2D eigenvalue weighted by molar-refractivity contribution is 9.10. The summed E-state index contributed by atoms with van der Waals surface area (Å²) in [5.41, 5.74) is 1.84. The third kappa shape index (κ3) is 4.88. The molecule has 0 radical (unpaired) electrons. The molecule has 0 aliphatic heterocycles. The zero-order chi connectivity index (χ0) is 22.7. The Kier molecular flexibility index (Phi) is 7.56. The Morgan fingerprint density at radius 1 is 1.16 bits per heavy atom. The molecule has 1 aromatic heterocycles. The molecule has 8 heteroatoms. The largest absolute Gasteiger partial charge is 0.376 e. The summed E-state index contributed by atoms with van der Waals surface area (Å²) >= 11 is 16.2. The molecule has 1 aliphatic rings. The number of ether oxygens (including phenoxy) is 1. The normalized spacial score (nSPS) is 18.5. The van der Waals surface area contributed by atoms with Crippen molar-refractivity contribution in [1.29, 1.82) is 0 Å². The second kappa shape index (κ2) is 10.4. The lowest BCUT2D eigenvalue weighted by Gasteiger charge is -2.31. The van der Waals surface area contributed by atoms with Gasteiger partial charge in [0.25, 0.3) is 5.91 Å². The van der Waals surface area contributed by atoms with E-state index in [4.69, 9.17) is 32.9 Å². The van der Waals surface area contributed by atoms with E-state index < -0.39 is 0 Å². The van der Waals surface area contributed by atoms with E-state index in [0.29, 0.717) is 32.8 Å². The van der Waals surface area contributed by atoms with Gasteiger partial charge in [-0.15, -0.1) is 0 Å². The van der Waals surface area contributed by atoms with Gasteiger partial charge in [-0.1, -0.05) is 48.2 Å². The van der Waals surface area contributed by atoms with Gasteiger partial charge >= 0.3 is 0 Å². The van der Waals surface area contributed by atoms with Crippen LogP contribution in [-0.2, 0) is 4.74 Å². The standard InChI is InChI=1S/C24H24BrCl2N3O2/c1-2-32-20-10-6-5-9-19(20)28-24(31)21-22(25)30(16-13-11-15(26)12-14-16)23(29-21)17-7-3-4-8-18(17)27/h3-4,7-8,11-14,19-20H,2,5-6,9-10H2,1H3,(H,28,31)/t19-,20-/m0/s1. The molecule has 2 atom stereocenters. The van der Waals surface area contributed by atoms with E-state index in [1.54, 1.807) is 18.2 Å². The molecule has 168 valence electrons. The van der Waals surface area contributed by atoms with Crippen LogP contribution in [0, 0.1) is 0 Å². The van der Waals surface area contributed by atoms with E-state index in [0.717, 1.165) is 36.9 Å². The molecule has 3 aromatic rings. The van der Waals surface area contributed by atoms with Gasteiger partial charge in [0.15, 0.2) is 5.69 Å². The van der Waals surface area contributed by atoms with E-state index in [2.05, 4.69) is 21.2 Å². The third-order valence-corrected chi connectivity index (χ3v) is 6.95. The predicted octanol–water partition coefficient (Wildman–Crippen LogP) is 6.69. The van der Waals surface area contributed by atoms with Crippen LogP contribution in [0.1, 0.15) is 43.1 Å². The lowest BCUT2D eigenvalue weighted by atomic mass is 9.92. The molecule has 1 N–H and O–H groups in total. The molecule has 1 amide bonds. The van der Waals surface area contributed by atoms with Gasteiger partial charge in [0.05, 0.1) is 17.2 Å². The summed E-state index contributed by atoms with van der Waals surface area (Å²) in [6.07, 6.45) is 4.05. The first-order valence-corrected chi connectivity index (χ1v) is 12.3. The number of carbonyl (C=O) groups excluding carboxylic acids is 1. The molecule has 1 heterocycles. The van der Waals surface area contributed by atoms with Gasteiger partial charge in [0.1, 0.15) is 10.4 Å². The highest BCUT2D eigenvalue weighted by Gasteiger charge is 2.30. The predicted molar refractivity (Wildman–Crippen MR) is 132 cm³/mol. The van der Waals surface area contributed by atoms with Gasteiger partial charge in [0.2, 0.25) is 0 Å². The number of amides is 1. The summed E-state index contributed by atoms with van der Waals surface area (Å²) in [4.78, 5) is 18.0. The van der Waals surface area contributed by atoms with Gasteiger partial charge in [-0.2, -0.15) is 0 Å². The van der Waals surface area contributed by atoms with Gasteiger partial charge in [0, 0.05) is 22.9 Å². The molecule has 1 aliphatic carbocycles. The number of imidazole rings is 1. The fourth-order valence-electron chi connectivity index (χ4n) is 4.11. The first kappa shape index (κ1) is 23.3. The molecule has 4 rings (SSSR count). The second-order valence-corrected chi connectivity index (χ2v) is 9.32. The number of nitrogens with zero attached hydrogens (tertiary/aromatic N) is 2. The monoisotopic (exact) mass is 535 g/mol. The quantitative estimate of drug-likeness (QED) is 0.382. The number of halogens is 3. The molecule has 0 bridgehead atoms. The average molecular weight is 537 g/mol. The van der Waals surface area contributed by atoms with Crippen LogP contribution in [0.15, 0.2) is 53.1 Å². The van der Waals surface area contributed by atoms with Crippen molar-refractivity contribution in [3.63, 3.8) is 0 Å². The van der Waals surface area contributed by atoms with Crippen LogP contribution in [0.2, 0.25) is 10.0 Å². The van der Waals surface area contributed by atoms with Crippen molar-refractivity contribution in [3.05, 3.63) is 68.9 Å². The summed E-state index contributed by atoms with van der Waals surface area (Å²) < 4.78 is 8.30. The highest BCUT2D eigenvalue weighted by atomic mass is 79.9. The minimum atomic E-state index is -0.241. The van der Waals surface area contributed by atoms with Crippen molar-refractivity contribution >= 4 is 45.0 Å². The Balaban J connectivity index is 1.74. The van der Waals surface area contributed by atoms with Gasteiger partial charge < -0.3 is 10.1 Å². The molecule has 5 nitrogen and oxygen atoms in total. The van der Waals surface area contributed by atoms with Gasteiger partial charge in [-0.3, -0.25) is 9.36 Å². The van der Waals surface area contributed by atoms with Crippen LogP contribution in [0.3, 0.4) is 0 Å². The fourth-order valence-corrected chi connectivity index (χ4v) is 5.09. The van der Waals surface area contributed by atoms with Crippen LogP contribution >= 0.6 is 39.1 Å². The smallest absolute Gasteiger partial charge is 0.273 e. The summed E-state index contributed by atoms with van der Waals surface area (Å²) in [5.74, 6) is 0.328. The maximum absolute atomic E-state index is 13.3. The van der Waals surface area contributed by atoms with E-state index in [1.165, 1.54) is 0 Å². The Morgan fingerprint density at radius 3 is 2.59 bits per heavy atom. The van der Waals surface area contributed by atoms with E-state index in [9.17, 15) is 4.79 Å². The summed E-state index contributed by atoms with van der Waals surface area (Å²) in [6.45, 7) is 2.61. The molecular weight excluding hydrogens is 513 g/mol. The maximum Gasteiger partial charge on any atom is 0.273 e. The van der Waals surface area contributed by atoms with Crippen LogP contribution in [-0.4, -0.2) is 34.2 Å². The van der Waals surface area contributed by atoms with Gasteiger partial charge in [-0.25, -0.2) is 4.98 Å². The molecule has 32 heavy (non-hydrogen) atoms. The highest BCUT2D eigenvalue weighted by Crippen LogP contribution is 2.34. The van der Waals surface area contributed by atoms with Crippen molar-refractivity contribution < 1.29 is 9.53 Å². The van der Waals surface area contributed by atoms with Crippen molar-refractivity contribution in [2.75, 3.05) is 6.61 Å². The SMILES string of the molecule is CCO[C@H]1CCCC[C@@H]1NC(=O)c1nc(-c2ccccc2Cl)n(-c2ccc(Cl)cc2)c1Br. The van der Waals surface area contributed by atoms with E-state index in [-0.39, 0.29) is 18.1 Å². The number of benzene rings is 2. The van der Waals surface area contributed by atoms with Crippen LogP contribution in [0.25, 0.3) is 17.1 Å². The third-order valence-electron chi connectivity index (χ3n) is 5.64. The van der Waals surface area contributed by atoms with E-state index in [1.807, 2.05) is 41.8 Å². The minimum absolute atomic E-state index is 0.0258. The lowest BCUT2D eigenvalue weighted by Crippen LogP contribution is -2.46. The molecule has 1 fully saturated rings. The number of rotatable bonds is 6. The molecule has 0 saturated heterocycles.